The number of nitro benzene ring substituents is 1. The molecule has 1 aromatic carbocycles. The van der Waals surface area contributed by atoms with E-state index in [0.29, 0.717) is 23.4 Å². The number of H-pyrrole nitrogens is 2. The van der Waals surface area contributed by atoms with Crippen molar-refractivity contribution in [3.8, 4) is 11.5 Å². The van der Waals surface area contributed by atoms with E-state index in [0.717, 1.165) is 0 Å². The highest BCUT2D eigenvalue weighted by molar-refractivity contribution is 5.58. The highest BCUT2D eigenvalue weighted by Crippen LogP contribution is 2.38. The summed E-state index contributed by atoms with van der Waals surface area (Å²) in [6, 6.07) is 2.91. The fraction of sp³-hybridized carbons (Fsp3) is 0.333. The molecule has 0 aliphatic heterocycles. The Kier molecular flexibility index (Phi) is 5.02. The molecule has 1 aromatic heterocycles. The Labute approximate surface area is 136 Å². The molecule has 0 aliphatic rings. The summed E-state index contributed by atoms with van der Waals surface area (Å²) < 4.78 is 10.5. The number of benzene rings is 1. The number of nitro groups is 1. The van der Waals surface area contributed by atoms with Crippen LogP contribution in [-0.2, 0) is 6.42 Å². The lowest BCUT2D eigenvalue weighted by atomic mass is 10.0. The van der Waals surface area contributed by atoms with Gasteiger partial charge in [-0.15, -0.1) is 0 Å². The van der Waals surface area contributed by atoms with Crippen molar-refractivity contribution >= 4 is 5.69 Å². The molecule has 128 valence electrons. The molecular formula is C15H17N3O6. The molecule has 2 rings (SSSR count). The normalized spacial score (nSPS) is 10.5. The largest absolute Gasteiger partial charge is 0.490 e. The van der Waals surface area contributed by atoms with Crippen molar-refractivity contribution < 1.29 is 14.4 Å². The van der Waals surface area contributed by atoms with Crippen LogP contribution in [0.2, 0.25) is 0 Å². The van der Waals surface area contributed by atoms with E-state index in [1.165, 1.54) is 13.2 Å². The number of aryl methyl sites for hydroxylation is 1. The van der Waals surface area contributed by atoms with Gasteiger partial charge in [0.05, 0.1) is 18.6 Å². The summed E-state index contributed by atoms with van der Waals surface area (Å²) >= 11 is 0. The minimum atomic E-state index is -0.600. The number of nitrogens with zero attached hydrogens (tertiary/aromatic N) is 1. The van der Waals surface area contributed by atoms with Crippen LogP contribution in [0.5, 0.6) is 11.5 Å². The smallest absolute Gasteiger partial charge is 0.325 e. The quantitative estimate of drug-likeness (QED) is 0.604. The summed E-state index contributed by atoms with van der Waals surface area (Å²) in [5, 5.41) is 11.3. The number of ether oxygens (including phenoxy) is 2. The van der Waals surface area contributed by atoms with Crippen LogP contribution in [0, 0.1) is 17.0 Å². The monoisotopic (exact) mass is 335 g/mol. The first kappa shape index (κ1) is 17.3. The zero-order valence-electron chi connectivity index (χ0n) is 13.5. The highest BCUT2D eigenvalue weighted by atomic mass is 16.6. The van der Waals surface area contributed by atoms with Crippen molar-refractivity contribution in [1.29, 1.82) is 0 Å². The van der Waals surface area contributed by atoms with Gasteiger partial charge in [-0.3, -0.25) is 19.9 Å². The first-order valence-electron chi connectivity index (χ1n) is 7.17. The van der Waals surface area contributed by atoms with Gasteiger partial charge in [0, 0.05) is 23.7 Å². The first-order valence-corrected chi connectivity index (χ1v) is 7.17. The van der Waals surface area contributed by atoms with E-state index in [-0.39, 0.29) is 23.6 Å². The molecule has 0 unspecified atom stereocenters. The van der Waals surface area contributed by atoms with E-state index in [1.807, 2.05) is 0 Å². The summed E-state index contributed by atoms with van der Waals surface area (Å²) in [7, 11) is 1.32. The van der Waals surface area contributed by atoms with Crippen LogP contribution in [0.15, 0.2) is 21.7 Å². The molecule has 2 aromatic rings. The van der Waals surface area contributed by atoms with Crippen LogP contribution in [-0.4, -0.2) is 28.6 Å². The van der Waals surface area contributed by atoms with Crippen molar-refractivity contribution in [1.82, 2.24) is 9.97 Å². The topological polar surface area (TPSA) is 127 Å². The fourth-order valence-electron chi connectivity index (χ4n) is 2.39. The summed E-state index contributed by atoms with van der Waals surface area (Å²) in [6.45, 7) is 3.64. The van der Waals surface area contributed by atoms with Gasteiger partial charge in [0.1, 0.15) is 0 Å². The zero-order chi connectivity index (χ0) is 17.9. The molecular weight excluding hydrogens is 318 g/mol. The second-order valence-electron chi connectivity index (χ2n) is 5.03. The molecule has 0 radical (unpaired) electrons. The molecule has 0 saturated heterocycles. The van der Waals surface area contributed by atoms with Crippen LogP contribution in [0.3, 0.4) is 0 Å². The van der Waals surface area contributed by atoms with Crippen LogP contribution >= 0.6 is 0 Å². The first-order chi connectivity index (χ1) is 11.4. The van der Waals surface area contributed by atoms with Crippen molar-refractivity contribution in [2.45, 2.75) is 20.3 Å². The third-order valence-corrected chi connectivity index (χ3v) is 3.43. The van der Waals surface area contributed by atoms with E-state index in [1.54, 1.807) is 19.9 Å². The molecule has 9 heteroatoms. The molecule has 0 amide bonds. The van der Waals surface area contributed by atoms with E-state index >= 15 is 0 Å². The minimum absolute atomic E-state index is 0.0256. The number of aromatic nitrogens is 2. The number of methoxy groups -OCH3 is 1. The Balaban J connectivity index is 2.57. The van der Waals surface area contributed by atoms with Gasteiger partial charge in [-0.25, -0.2) is 4.79 Å². The summed E-state index contributed by atoms with van der Waals surface area (Å²) in [6.07, 6.45) is 0.100. The Bertz CT molecular complexity index is 884. The van der Waals surface area contributed by atoms with Gasteiger partial charge in [-0.1, -0.05) is 0 Å². The predicted octanol–water partition coefficient (Wildman–Crippen LogP) is 1.28. The molecule has 2 N–H and O–H groups in total. The Morgan fingerprint density at radius 2 is 1.96 bits per heavy atom. The fourth-order valence-corrected chi connectivity index (χ4v) is 2.39. The minimum Gasteiger partial charge on any atom is -0.490 e. The number of nitrogens with one attached hydrogen (secondary N) is 2. The molecule has 0 spiro atoms. The predicted molar refractivity (Wildman–Crippen MR) is 86.0 cm³/mol. The van der Waals surface area contributed by atoms with Crippen LogP contribution in [0.4, 0.5) is 5.69 Å². The van der Waals surface area contributed by atoms with Crippen LogP contribution in [0.1, 0.15) is 23.7 Å². The number of rotatable bonds is 6. The Morgan fingerprint density at radius 1 is 1.25 bits per heavy atom. The van der Waals surface area contributed by atoms with Gasteiger partial charge >= 0.3 is 11.4 Å². The van der Waals surface area contributed by atoms with E-state index < -0.39 is 16.2 Å². The van der Waals surface area contributed by atoms with Gasteiger partial charge in [0.15, 0.2) is 5.75 Å². The molecule has 0 fully saturated rings. The van der Waals surface area contributed by atoms with E-state index in [2.05, 4.69) is 9.97 Å². The molecule has 9 nitrogen and oxygen atoms in total. The molecule has 0 saturated carbocycles. The second-order valence-corrected chi connectivity index (χ2v) is 5.03. The zero-order valence-corrected chi connectivity index (χ0v) is 13.5. The lowest BCUT2D eigenvalue weighted by Crippen LogP contribution is -2.27. The van der Waals surface area contributed by atoms with Crippen molar-refractivity contribution in [3.63, 3.8) is 0 Å². The maximum Gasteiger partial charge on any atom is 0.325 e. The van der Waals surface area contributed by atoms with Gasteiger partial charge in [0.25, 0.3) is 5.56 Å². The van der Waals surface area contributed by atoms with Crippen molar-refractivity contribution in [3.05, 3.63) is 59.9 Å². The van der Waals surface area contributed by atoms with Crippen LogP contribution < -0.4 is 20.7 Å². The lowest BCUT2D eigenvalue weighted by Gasteiger charge is -2.12. The number of hydrogen-bond acceptors (Lipinski definition) is 6. The van der Waals surface area contributed by atoms with E-state index in [9.17, 15) is 19.7 Å². The maximum atomic E-state index is 12.0. The summed E-state index contributed by atoms with van der Waals surface area (Å²) in [5.74, 6) is 0.250. The molecule has 0 aliphatic carbocycles. The molecule has 0 atom stereocenters. The molecule has 24 heavy (non-hydrogen) atoms. The number of hydrogen-bond donors (Lipinski definition) is 2. The second kappa shape index (κ2) is 6.99. The third-order valence-electron chi connectivity index (χ3n) is 3.43. The van der Waals surface area contributed by atoms with Gasteiger partial charge in [0.2, 0.25) is 5.75 Å². The standard InChI is InChI=1S/C15H17N3O6/c1-4-24-12-7-9(6-11(18(21)22)13(12)23-3)5-10-8(2)16-15(20)17-14(10)19/h6-7H,4-5H2,1-3H3,(H2,16,17,19,20). The number of aromatic amines is 2. The summed E-state index contributed by atoms with van der Waals surface area (Å²) in [4.78, 5) is 38.5. The molecule has 0 bridgehead atoms. The van der Waals surface area contributed by atoms with Crippen LogP contribution in [0.25, 0.3) is 0 Å². The van der Waals surface area contributed by atoms with Crippen molar-refractivity contribution in [2.24, 2.45) is 0 Å². The summed E-state index contributed by atoms with van der Waals surface area (Å²) in [5.41, 5.74) is -0.176. The highest BCUT2D eigenvalue weighted by Gasteiger charge is 2.22. The Morgan fingerprint density at radius 3 is 2.50 bits per heavy atom. The lowest BCUT2D eigenvalue weighted by molar-refractivity contribution is -0.385. The maximum absolute atomic E-state index is 12.0. The van der Waals surface area contributed by atoms with Gasteiger partial charge < -0.3 is 14.5 Å². The van der Waals surface area contributed by atoms with E-state index in [4.69, 9.17) is 9.47 Å². The van der Waals surface area contributed by atoms with Crippen molar-refractivity contribution in [2.75, 3.05) is 13.7 Å². The van der Waals surface area contributed by atoms with Gasteiger partial charge in [-0.2, -0.15) is 0 Å². The Hall–Kier alpha value is -3.10. The average molecular weight is 335 g/mol. The third kappa shape index (κ3) is 3.45. The SMILES string of the molecule is CCOc1cc(Cc2c(C)[nH]c(=O)[nH]c2=O)cc([N+](=O)[O-])c1OC. The molecule has 1 heterocycles. The van der Waals surface area contributed by atoms with Gasteiger partial charge in [-0.05, 0) is 25.5 Å². The average Bonchev–Trinajstić information content (AvgIpc) is 2.50.